The summed E-state index contributed by atoms with van der Waals surface area (Å²) in [6.45, 7) is -0.0197. The van der Waals surface area contributed by atoms with Gasteiger partial charge in [0.25, 0.3) is 0 Å². The van der Waals surface area contributed by atoms with Gasteiger partial charge in [-0.2, -0.15) is 0 Å². The number of carboxylic acids is 1. The zero-order chi connectivity index (χ0) is 10.1. The molecule has 1 aromatic carbocycles. The maximum atomic E-state index is 10.6. The van der Waals surface area contributed by atoms with Crippen LogP contribution in [0.4, 0.5) is 0 Å². The molecule has 14 heavy (non-hydrogen) atoms. The van der Waals surface area contributed by atoms with Crippen LogP contribution in [-0.4, -0.2) is 15.6 Å². The van der Waals surface area contributed by atoms with Gasteiger partial charge in [0.15, 0.2) is 0 Å². The molecule has 0 saturated heterocycles. The van der Waals surface area contributed by atoms with Crippen molar-refractivity contribution in [3.63, 3.8) is 0 Å². The standard InChI is InChI=1S/C10H8BrNO2/c11-9-5-7-3-1-2-4-8(7)12(9)6-10(13)14/h1-5H,6H2,(H,13,14). The minimum Gasteiger partial charge on any atom is -0.480 e. The van der Waals surface area contributed by atoms with E-state index in [9.17, 15) is 4.79 Å². The number of hydrogen-bond acceptors (Lipinski definition) is 1. The van der Waals surface area contributed by atoms with E-state index >= 15 is 0 Å². The van der Waals surface area contributed by atoms with Crippen LogP contribution in [0.3, 0.4) is 0 Å². The van der Waals surface area contributed by atoms with Crippen LogP contribution in [0.5, 0.6) is 0 Å². The molecule has 4 heteroatoms. The number of benzene rings is 1. The maximum absolute atomic E-state index is 10.6. The fourth-order valence-corrected chi connectivity index (χ4v) is 2.04. The van der Waals surface area contributed by atoms with E-state index in [1.54, 1.807) is 4.57 Å². The molecule has 0 unspecified atom stereocenters. The molecule has 0 amide bonds. The highest BCUT2D eigenvalue weighted by atomic mass is 79.9. The second-order valence-corrected chi connectivity index (χ2v) is 3.82. The van der Waals surface area contributed by atoms with Crippen molar-refractivity contribution in [1.82, 2.24) is 4.57 Å². The number of nitrogens with zero attached hydrogens (tertiary/aromatic N) is 1. The minimum absolute atomic E-state index is 0.0197. The Labute approximate surface area is 89.1 Å². The molecule has 72 valence electrons. The number of aromatic nitrogens is 1. The Balaban J connectivity index is 2.62. The second-order valence-electron chi connectivity index (χ2n) is 3.01. The molecule has 3 nitrogen and oxygen atoms in total. The lowest BCUT2D eigenvalue weighted by Gasteiger charge is -2.02. The quantitative estimate of drug-likeness (QED) is 0.894. The van der Waals surface area contributed by atoms with Crippen molar-refractivity contribution in [3.8, 4) is 0 Å². The Bertz CT molecular complexity index is 490. The molecule has 0 aliphatic carbocycles. The van der Waals surface area contributed by atoms with Gasteiger partial charge < -0.3 is 9.67 Å². The molecule has 0 aliphatic heterocycles. The lowest BCUT2D eigenvalue weighted by Crippen LogP contribution is -2.08. The number of fused-ring (bicyclic) bond motifs is 1. The molecule has 0 saturated carbocycles. The first-order chi connectivity index (χ1) is 6.68. The fourth-order valence-electron chi connectivity index (χ4n) is 1.47. The number of para-hydroxylation sites is 1. The second kappa shape index (κ2) is 3.46. The molecule has 1 heterocycles. The Morgan fingerprint density at radius 3 is 2.86 bits per heavy atom. The van der Waals surface area contributed by atoms with Gasteiger partial charge in [-0.1, -0.05) is 18.2 Å². The first-order valence-corrected chi connectivity index (χ1v) is 4.93. The van der Waals surface area contributed by atoms with Crippen molar-refractivity contribution >= 4 is 32.8 Å². The topological polar surface area (TPSA) is 42.2 Å². The van der Waals surface area contributed by atoms with E-state index in [1.165, 1.54) is 0 Å². The SMILES string of the molecule is O=C(O)Cn1c(Br)cc2ccccc21. The average molecular weight is 254 g/mol. The molecular formula is C10H8BrNO2. The predicted molar refractivity (Wildman–Crippen MR) is 57.3 cm³/mol. The predicted octanol–water partition coefficient (Wildman–Crippen LogP) is 2.49. The van der Waals surface area contributed by atoms with E-state index in [0.717, 1.165) is 15.5 Å². The molecule has 1 N–H and O–H groups in total. The van der Waals surface area contributed by atoms with Gasteiger partial charge in [-0.05, 0) is 28.1 Å². The Kier molecular flexibility index (Phi) is 2.29. The molecular weight excluding hydrogens is 246 g/mol. The lowest BCUT2D eigenvalue weighted by molar-refractivity contribution is -0.137. The molecule has 2 aromatic rings. The molecule has 2 rings (SSSR count). The largest absolute Gasteiger partial charge is 0.480 e. The number of carboxylic acid groups (broad SMARTS) is 1. The van der Waals surface area contributed by atoms with E-state index in [4.69, 9.17) is 5.11 Å². The van der Waals surface area contributed by atoms with Gasteiger partial charge in [0.05, 0.1) is 4.60 Å². The first-order valence-electron chi connectivity index (χ1n) is 4.14. The van der Waals surface area contributed by atoms with Gasteiger partial charge in [0.1, 0.15) is 6.54 Å². The number of rotatable bonds is 2. The number of aliphatic carboxylic acids is 1. The van der Waals surface area contributed by atoms with Gasteiger partial charge in [-0.15, -0.1) is 0 Å². The maximum Gasteiger partial charge on any atom is 0.323 e. The van der Waals surface area contributed by atoms with Crippen LogP contribution in [0, 0.1) is 0 Å². The summed E-state index contributed by atoms with van der Waals surface area (Å²) in [5, 5.41) is 9.77. The summed E-state index contributed by atoms with van der Waals surface area (Å²) in [6, 6.07) is 9.60. The van der Waals surface area contributed by atoms with Crippen LogP contribution >= 0.6 is 15.9 Å². The van der Waals surface area contributed by atoms with Crippen molar-refractivity contribution in [2.75, 3.05) is 0 Å². The smallest absolute Gasteiger partial charge is 0.323 e. The van der Waals surface area contributed by atoms with Crippen molar-refractivity contribution in [2.24, 2.45) is 0 Å². The summed E-state index contributed by atoms with van der Waals surface area (Å²) >= 11 is 3.34. The minimum atomic E-state index is -0.841. The van der Waals surface area contributed by atoms with E-state index in [1.807, 2.05) is 30.3 Å². The van der Waals surface area contributed by atoms with E-state index in [0.29, 0.717) is 0 Å². The van der Waals surface area contributed by atoms with Crippen LogP contribution < -0.4 is 0 Å². The third kappa shape index (κ3) is 1.53. The summed E-state index contributed by atoms with van der Waals surface area (Å²) in [5.74, 6) is -0.841. The Morgan fingerprint density at radius 1 is 1.43 bits per heavy atom. The van der Waals surface area contributed by atoms with Crippen LogP contribution in [0.25, 0.3) is 10.9 Å². The van der Waals surface area contributed by atoms with E-state index in [2.05, 4.69) is 15.9 Å². The molecule has 0 bridgehead atoms. The highest BCUT2D eigenvalue weighted by molar-refractivity contribution is 9.10. The normalized spacial score (nSPS) is 10.6. The summed E-state index contributed by atoms with van der Waals surface area (Å²) in [4.78, 5) is 10.6. The number of carbonyl (C=O) groups is 1. The average Bonchev–Trinajstić information content (AvgIpc) is 2.43. The molecule has 1 aromatic heterocycles. The van der Waals surface area contributed by atoms with Gasteiger partial charge in [-0.25, -0.2) is 0 Å². The van der Waals surface area contributed by atoms with Crippen molar-refractivity contribution in [3.05, 3.63) is 34.9 Å². The third-order valence-corrected chi connectivity index (χ3v) is 2.71. The zero-order valence-corrected chi connectivity index (χ0v) is 8.86. The van der Waals surface area contributed by atoms with Crippen LogP contribution in [0.2, 0.25) is 0 Å². The zero-order valence-electron chi connectivity index (χ0n) is 7.27. The first kappa shape index (κ1) is 9.27. The summed E-state index contributed by atoms with van der Waals surface area (Å²) in [7, 11) is 0. The fraction of sp³-hybridized carbons (Fsp3) is 0.100. The monoisotopic (exact) mass is 253 g/mol. The van der Waals surface area contributed by atoms with Crippen LogP contribution in [0.15, 0.2) is 34.9 Å². The molecule has 0 radical (unpaired) electrons. The molecule has 0 atom stereocenters. The highest BCUT2D eigenvalue weighted by Crippen LogP contribution is 2.23. The Morgan fingerprint density at radius 2 is 2.14 bits per heavy atom. The van der Waals surface area contributed by atoms with E-state index < -0.39 is 5.97 Å². The molecule has 0 aliphatic rings. The van der Waals surface area contributed by atoms with Gasteiger partial charge in [0.2, 0.25) is 0 Å². The molecule has 0 spiro atoms. The lowest BCUT2D eigenvalue weighted by atomic mass is 10.2. The van der Waals surface area contributed by atoms with E-state index in [-0.39, 0.29) is 6.54 Å². The van der Waals surface area contributed by atoms with Crippen LogP contribution in [-0.2, 0) is 11.3 Å². The van der Waals surface area contributed by atoms with Crippen molar-refractivity contribution in [2.45, 2.75) is 6.54 Å². The van der Waals surface area contributed by atoms with Gasteiger partial charge in [-0.3, -0.25) is 4.79 Å². The molecule has 0 fully saturated rings. The Hall–Kier alpha value is -1.29. The van der Waals surface area contributed by atoms with Crippen molar-refractivity contribution < 1.29 is 9.90 Å². The third-order valence-electron chi connectivity index (χ3n) is 2.05. The summed E-state index contributed by atoms with van der Waals surface area (Å²) in [5.41, 5.74) is 0.932. The summed E-state index contributed by atoms with van der Waals surface area (Å²) in [6.07, 6.45) is 0. The van der Waals surface area contributed by atoms with Gasteiger partial charge in [0, 0.05) is 10.9 Å². The number of halogens is 1. The van der Waals surface area contributed by atoms with Gasteiger partial charge >= 0.3 is 5.97 Å². The number of hydrogen-bond donors (Lipinski definition) is 1. The summed E-state index contributed by atoms with van der Waals surface area (Å²) < 4.78 is 2.51. The van der Waals surface area contributed by atoms with Crippen molar-refractivity contribution in [1.29, 1.82) is 0 Å². The highest BCUT2D eigenvalue weighted by Gasteiger charge is 2.08. The van der Waals surface area contributed by atoms with Crippen LogP contribution in [0.1, 0.15) is 0 Å².